The number of nitrogens with zero attached hydrogens (tertiary/aromatic N) is 3. The van der Waals surface area contributed by atoms with Crippen molar-refractivity contribution in [3.05, 3.63) is 17.5 Å². The van der Waals surface area contributed by atoms with Gasteiger partial charge in [0.2, 0.25) is 0 Å². The Bertz CT molecular complexity index is 428. The van der Waals surface area contributed by atoms with E-state index in [1.165, 1.54) is 19.3 Å². The second-order valence-corrected chi connectivity index (χ2v) is 4.92. The lowest BCUT2D eigenvalue weighted by Gasteiger charge is -2.33. The van der Waals surface area contributed by atoms with E-state index < -0.39 is 0 Å². The lowest BCUT2D eigenvalue weighted by Crippen LogP contribution is -2.38. The number of hydrogen-bond donors (Lipinski definition) is 2. The standard InChI is InChI=1S/C12H21N5O/c1-9-5-3-4-6-17(9)8-11-10(12(18)15-13)7-14-16(11)2/h7,9H,3-6,8,13H2,1-2H3,(H,15,18)/t9-/m1/s1. The van der Waals surface area contributed by atoms with E-state index in [1.54, 1.807) is 10.9 Å². The van der Waals surface area contributed by atoms with E-state index in [1.807, 2.05) is 7.05 Å². The average Bonchev–Trinajstić information content (AvgIpc) is 2.73. The predicted octanol–water partition coefficient (Wildman–Crippen LogP) is 0.398. The molecule has 0 bridgehead atoms. The molecule has 1 aromatic rings. The Kier molecular flexibility index (Phi) is 3.98. The van der Waals surface area contributed by atoms with Crippen LogP contribution in [-0.4, -0.2) is 33.2 Å². The molecular formula is C12H21N5O. The molecule has 2 heterocycles. The number of nitrogens with two attached hydrogens (primary N) is 1. The van der Waals surface area contributed by atoms with Crippen LogP contribution in [0.1, 0.15) is 42.2 Å². The summed E-state index contributed by atoms with van der Waals surface area (Å²) in [5.41, 5.74) is 3.66. The Morgan fingerprint density at radius 3 is 3.06 bits per heavy atom. The summed E-state index contributed by atoms with van der Waals surface area (Å²) in [5, 5.41) is 4.15. The number of rotatable bonds is 3. The number of nitrogen functional groups attached to an aromatic ring is 1. The van der Waals surface area contributed by atoms with Gasteiger partial charge >= 0.3 is 0 Å². The second-order valence-electron chi connectivity index (χ2n) is 4.92. The molecule has 0 aromatic carbocycles. The van der Waals surface area contributed by atoms with Gasteiger partial charge < -0.3 is 0 Å². The number of carbonyl (C=O) groups is 1. The highest BCUT2D eigenvalue weighted by Gasteiger charge is 2.22. The monoisotopic (exact) mass is 251 g/mol. The summed E-state index contributed by atoms with van der Waals surface area (Å²) < 4.78 is 1.76. The van der Waals surface area contributed by atoms with E-state index in [0.717, 1.165) is 18.8 Å². The van der Waals surface area contributed by atoms with E-state index in [0.29, 0.717) is 11.6 Å². The number of likely N-dealkylation sites (tertiary alicyclic amines) is 1. The maximum absolute atomic E-state index is 11.7. The highest BCUT2D eigenvalue weighted by molar-refractivity contribution is 5.94. The number of nitrogens with one attached hydrogen (secondary N) is 1. The van der Waals surface area contributed by atoms with Gasteiger partial charge in [-0.3, -0.25) is 19.8 Å². The van der Waals surface area contributed by atoms with Gasteiger partial charge in [-0.15, -0.1) is 0 Å². The zero-order valence-corrected chi connectivity index (χ0v) is 11.0. The van der Waals surface area contributed by atoms with Gasteiger partial charge in [-0.05, 0) is 26.3 Å². The number of carbonyl (C=O) groups excluding carboxylic acids is 1. The minimum atomic E-state index is -0.275. The number of hydrogen-bond acceptors (Lipinski definition) is 4. The van der Waals surface area contributed by atoms with Gasteiger partial charge in [-0.25, -0.2) is 5.84 Å². The van der Waals surface area contributed by atoms with Crippen molar-refractivity contribution in [1.82, 2.24) is 20.1 Å². The van der Waals surface area contributed by atoms with Crippen molar-refractivity contribution in [3.8, 4) is 0 Å². The first-order chi connectivity index (χ1) is 8.63. The van der Waals surface area contributed by atoms with Crippen molar-refractivity contribution >= 4 is 5.91 Å². The molecule has 100 valence electrons. The van der Waals surface area contributed by atoms with Crippen LogP contribution >= 0.6 is 0 Å². The molecular weight excluding hydrogens is 230 g/mol. The fourth-order valence-electron chi connectivity index (χ4n) is 2.50. The number of aromatic nitrogens is 2. The first-order valence-electron chi connectivity index (χ1n) is 6.39. The molecule has 0 saturated carbocycles. The van der Waals surface area contributed by atoms with E-state index in [9.17, 15) is 4.79 Å². The molecule has 2 rings (SSSR count). The summed E-state index contributed by atoms with van der Waals surface area (Å²) in [6, 6.07) is 0.558. The Balaban J connectivity index is 2.17. The van der Waals surface area contributed by atoms with Gasteiger partial charge in [0.1, 0.15) is 0 Å². The van der Waals surface area contributed by atoms with Crippen molar-refractivity contribution in [3.63, 3.8) is 0 Å². The van der Waals surface area contributed by atoms with Crippen LogP contribution in [0.5, 0.6) is 0 Å². The first kappa shape index (κ1) is 13.0. The predicted molar refractivity (Wildman–Crippen MR) is 68.6 cm³/mol. The summed E-state index contributed by atoms with van der Waals surface area (Å²) in [6.07, 6.45) is 5.31. The maximum atomic E-state index is 11.7. The highest BCUT2D eigenvalue weighted by atomic mass is 16.2. The van der Waals surface area contributed by atoms with Crippen LogP contribution in [0, 0.1) is 0 Å². The molecule has 0 aliphatic carbocycles. The second kappa shape index (κ2) is 5.49. The van der Waals surface area contributed by atoms with Crippen LogP contribution in [0.3, 0.4) is 0 Å². The highest BCUT2D eigenvalue weighted by Crippen LogP contribution is 2.20. The van der Waals surface area contributed by atoms with E-state index in [2.05, 4.69) is 22.3 Å². The first-order valence-corrected chi connectivity index (χ1v) is 6.39. The molecule has 1 atom stereocenters. The number of hydrazine groups is 1. The van der Waals surface area contributed by atoms with Crippen molar-refractivity contribution in [2.45, 2.75) is 38.8 Å². The smallest absolute Gasteiger partial charge is 0.268 e. The minimum Gasteiger partial charge on any atom is -0.295 e. The van der Waals surface area contributed by atoms with Gasteiger partial charge in [-0.1, -0.05) is 6.42 Å². The van der Waals surface area contributed by atoms with Gasteiger partial charge in [0.15, 0.2) is 0 Å². The Hall–Kier alpha value is -1.40. The SMILES string of the molecule is C[C@@H]1CCCCN1Cc1c(C(=O)NN)cnn1C. The Morgan fingerprint density at radius 1 is 1.61 bits per heavy atom. The third-order valence-electron chi connectivity index (χ3n) is 3.73. The van der Waals surface area contributed by atoms with Crippen LogP contribution in [0.4, 0.5) is 0 Å². The minimum absolute atomic E-state index is 0.275. The summed E-state index contributed by atoms with van der Waals surface area (Å²) in [4.78, 5) is 14.1. The van der Waals surface area contributed by atoms with Crippen molar-refractivity contribution in [2.75, 3.05) is 6.54 Å². The van der Waals surface area contributed by atoms with E-state index in [-0.39, 0.29) is 5.91 Å². The molecule has 6 nitrogen and oxygen atoms in total. The van der Waals surface area contributed by atoms with Crippen LogP contribution < -0.4 is 11.3 Å². The number of aryl methyl sites for hydroxylation is 1. The van der Waals surface area contributed by atoms with Crippen molar-refractivity contribution in [2.24, 2.45) is 12.9 Å². The molecule has 0 radical (unpaired) electrons. The third kappa shape index (κ3) is 2.54. The molecule has 1 aliphatic rings. The molecule has 1 saturated heterocycles. The topological polar surface area (TPSA) is 76.2 Å². The molecule has 1 amide bonds. The largest absolute Gasteiger partial charge is 0.295 e. The lowest BCUT2D eigenvalue weighted by atomic mass is 10.0. The van der Waals surface area contributed by atoms with Gasteiger partial charge in [0.25, 0.3) is 5.91 Å². The molecule has 0 unspecified atom stereocenters. The molecule has 1 aliphatic heterocycles. The van der Waals surface area contributed by atoms with Gasteiger partial charge in [-0.2, -0.15) is 5.10 Å². The lowest BCUT2D eigenvalue weighted by molar-refractivity contribution is 0.0948. The third-order valence-corrected chi connectivity index (χ3v) is 3.73. The Labute approximate surface area is 107 Å². The molecule has 3 N–H and O–H groups in total. The van der Waals surface area contributed by atoms with E-state index >= 15 is 0 Å². The maximum Gasteiger partial charge on any atom is 0.268 e. The normalized spacial score (nSPS) is 20.9. The molecule has 1 aromatic heterocycles. The zero-order valence-electron chi connectivity index (χ0n) is 11.0. The van der Waals surface area contributed by atoms with Crippen LogP contribution in [0.25, 0.3) is 0 Å². The fraction of sp³-hybridized carbons (Fsp3) is 0.667. The summed E-state index contributed by atoms with van der Waals surface area (Å²) in [7, 11) is 1.86. The van der Waals surface area contributed by atoms with Gasteiger partial charge in [0, 0.05) is 19.6 Å². The summed E-state index contributed by atoms with van der Waals surface area (Å²) in [6.45, 7) is 4.06. The number of piperidine rings is 1. The number of amides is 1. The average molecular weight is 251 g/mol. The fourth-order valence-corrected chi connectivity index (χ4v) is 2.50. The summed E-state index contributed by atoms with van der Waals surface area (Å²) >= 11 is 0. The quantitative estimate of drug-likeness (QED) is 0.463. The van der Waals surface area contributed by atoms with Crippen molar-refractivity contribution in [1.29, 1.82) is 0 Å². The molecule has 18 heavy (non-hydrogen) atoms. The van der Waals surface area contributed by atoms with Crippen LogP contribution in [-0.2, 0) is 13.6 Å². The Morgan fingerprint density at radius 2 is 2.39 bits per heavy atom. The van der Waals surface area contributed by atoms with Crippen molar-refractivity contribution < 1.29 is 4.79 Å². The van der Waals surface area contributed by atoms with Crippen LogP contribution in [0.2, 0.25) is 0 Å². The summed E-state index contributed by atoms with van der Waals surface area (Å²) in [5.74, 6) is 4.92. The molecule has 1 fully saturated rings. The zero-order chi connectivity index (χ0) is 13.1. The van der Waals surface area contributed by atoms with E-state index in [4.69, 9.17) is 5.84 Å². The molecule has 6 heteroatoms. The van der Waals surface area contributed by atoms with Crippen LogP contribution in [0.15, 0.2) is 6.20 Å². The van der Waals surface area contributed by atoms with Gasteiger partial charge in [0.05, 0.1) is 17.5 Å². The molecule has 0 spiro atoms.